The molecule has 2 rings (SSSR count). The van der Waals surface area contributed by atoms with Crippen molar-refractivity contribution in [3.05, 3.63) is 27.6 Å². The van der Waals surface area contributed by atoms with Crippen molar-refractivity contribution in [3.8, 4) is 12.1 Å². The number of carbonyl (C=O) groups is 1. The Morgan fingerprint density at radius 1 is 1.33 bits per heavy atom. The summed E-state index contributed by atoms with van der Waals surface area (Å²) in [5, 5.41) is 17.9. The number of aromatic nitrogens is 2. The molecule has 0 aliphatic carbocycles. The fraction of sp³-hybridized carbons (Fsp3) is 0.438. The molecule has 124 valence electrons. The number of aryl methyl sites for hydroxylation is 1. The molecule has 1 amide bonds. The SMILES string of the molecule is CCc1cc2c(=O)n(CC(=O)N(CCC#N)CCC#N)cnc2s1. The van der Waals surface area contributed by atoms with Crippen molar-refractivity contribution in [2.75, 3.05) is 13.1 Å². The highest BCUT2D eigenvalue weighted by Crippen LogP contribution is 2.20. The van der Waals surface area contributed by atoms with Crippen molar-refractivity contribution in [2.24, 2.45) is 0 Å². The molecule has 2 heterocycles. The minimum Gasteiger partial charge on any atom is -0.339 e. The monoisotopic (exact) mass is 343 g/mol. The van der Waals surface area contributed by atoms with E-state index in [1.54, 1.807) is 0 Å². The standard InChI is InChI=1S/C16H17N5O2S/c1-2-12-9-13-15(24-12)19-11-21(16(13)23)10-14(22)20(7-3-5-17)8-4-6-18/h9,11H,2-4,7-8,10H2,1H3. The topological polar surface area (TPSA) is 103 Å². The first kappa shape index (κ1) is 17.6. The van der Waals surface area contributed by atoms with Crippen molar-refractivity contribution in [3.63, 3.8) is 0 Å². The van der Waals surface area contributed by atoms with Gasteiger partial charge in [0.2, 0.25) is 5.91 Å². The molecule has 0 aromatic carbocycles. The average molecular weight is 343 g/mol. The van der Waals surface area contributed by atoms with Crippen molar-refractivity contribution in [1.29, 1.82) is 10.5 Å². The smallest absolute Gasteiger partial charge is 0.262 e. The first-order valence-corrected chi connectivity index (χ1v) is 8.41. The van der Waals surface area contributed by atoms with Crippen molar-refractivity contribution >= 4 is 27.5 Å². The quantitative estimate of drug-likeness (QED) is 0.761. The van der Waals surface area contributed by atoms with Crippen LogP contribution in [0.1, 0.15) is 24.6 Å². The van der Waals surface area contributed by atoms with Crippen molar-refractivity contribution < 1.29 is 4.79 Å². The van der Waals surface area contributed by atoms with E-state index in [0.717, 1.165) is 11.3 Å². The Morgan fingerprint density at radius 3 is 2.58 bits per heavy atom. The number of rotatable bonds is 7. The molecule has 0 aliphatic heterocycles. The third-order valence-corrected chi connectivity index (χ3v) is 4.75. The normalized spacial score (nSPS) is 10.3. The molecule has 0 unspecified atom stereocenters. The van der Waals surface area contributed by atoms with Gasteiger partial charge in [0.05, 0.1) is 36.7 Å². The maximum Gasteiger partial charge on any atom is 0.262 e. The van der Waals surface area contributed by atoms with E-state index in [2.05, 4.69) is 4.98 Å². The summed E-state index contributed by atoms with van der Waals surface area (Å²) in [6.45, 7) is 2.37. The molecule has 0 saturated carbocycles. The summed E-state index contributed by atoms with van der Waals surface area (Å²) >= 11 is 1.48. The molecule has 0 atom stereocenters. The minimum absolute atomic E-state index is 0.143. The second kappa shape index (κ2) is 8.23. The number of hydrogen-bond donors (Lipinski definition) is 0. The largest absolute Gasteiger partial charge is 0.339 e. The van der Waals surface area contributed by atoms with Crippen LogP contribution in [-0.2, 0) is 17.8 Å². The third kappa shape index (κ3) is 3.98. The second-order valence-corrected chi connectivity index (χ2v) is 6.27. The van der Waals surface area contributed by atoms with E-state index >= 15 is 0 Å². The number of nitrogens with zero attached hydrogens (tertiary/aromatic N) is 5. The van der Waals surface area contributed by atoms with Crippen LogP contribution in [0.2, 0.25) is 0 Å². The van der Waals surface area contributed by atoms with E-state index < -0.39 is 0 Å². The second-order valence-electron chi connectivity index (χ2n) is 5.16. The summed E-state index contributed by atoms with van der Waals surface area (Å²) < 4.78 is 1.28. The van der Waals surface area contributed by atoms with Crippen LogP contribution in [0.15, 0.2) is 17.2 Å². The zero-order valence-corrected chi connectivity index (χ0v) is 14.2. The van der Waals surface area contributed by atoms with Gasteiger partial charge in [0.15, 0.2) is 0 Å². The molecular weight excluding hydrogens is 326 g/mol. The summed E-state index contributed by atoms with van der Waals surface area (Å²) in [5.41, 5.74) is -0.246. The third-order valence-electron chi connectivity index (χ3n) is 3.56. The lowest BCUT2D eigenvalue weighted by Crippen LogP contribution is -2.37. The van der Waals surface area contributed by atoms with Gasteiger partial charge in [0.25, 0.3) is 5.56 Å². The number of amides is 1. The van der Waals surface area contributed by atoms with E-state index in [-0.39, 0.29) is 43.9 Å². The lowest BCUT2D eigenvalue weighted by atomic mass is 10.3. The Hall–Kier alpha value is -2.71. The maximum atomic E-state index is 12.5. The van der Waals surface area contributed by atoms with Crippen LogP contribution in [0, 0.1) is 22.7 Å². The molecule has 0 bridgehead atoms. The zero-order chi connectivity index (χ0) is 17.5. The number of carbonyl (C=O) groups excluding carboxylic acids is 1. The Bertz CT molecular complexity index is 853. The number of fused-ring (bicyclic) bond motifs is 1. The van der Waals surface area contributed by atoms with E-state index in [1.165, 1.54) is 27.1 Å². The Morgan fingerprint density at radius 2 is 2.00 bits per heavy atom. The molecule has 0 saturated heterocycles. The molecular formula is C16H17N5O2S. The van der Waals surface area contributed by atoms with Crippen LogP contribution < -0.4 is 5.56 Å². The van der Waals surface area contributed by atoms with Crippen LogP contribution >= 0.6 is 11.3 Å². The molecule has 2 aromatic heterocycles. The fourth-order valence-electron chi connectivity index (χ4n) is 2.27. The maximum absolute atomic E-state index is 12.5. The first-order chi connectivity index (χ1) is 11.6. The fourth-order valence-corrected chi connectivity index (χ4v) is 3.20. The van der Waals surface area contributed by atoms with E-state index in [0.29, 0.717) is 10.2 Å². The summed E-state index contributed by atoms with van der Waals surface area (Å²) in [5.74, 6) is -0.297. The van der Waals surface area contributed by atoms with Gasteiger partial charge in [0, 0.05) is 18.0 Å². The van der Waals surface area contributed by atoms with Gasteiger partial charge in [-0.3, -0.25) is 14.2 Å². The highest BCUT2D eigenvalue weighted by Gasteiger charge is 2.16. The molecule has 0 aliphatic rings. The Balaban J connectivity index is 2.22. The number of nitriles is 2. The highest BCUT2D eigenvalue weighted by molar-refractivity contribution is 7.18. The van der Waals surface area contributed by atoms with Crippen molar-refractivity contribution in [1.82, 2.24) is 14.5 Å². The van der Waals surface area contributed by atoms with Crippen LogP contribution in [0.4, 0.5) is 0 Å². The summed E-state index contributed by atoms with van der Waals surface area (Å²) in [6.07, 6.45) is 2.59. The van der Waals surface area contributed by atoms with Crippen LogP contribution in [-0.4, -0.2) is 33.4 Å². The van der Waals surface area contributed by atoms with Gasteiger partial charge in [0.1, 0.15) is 11.4 Å². The highest BCUT2D eigenvalue weighted by atomic mass is 32.1. The average Bonchev–Trinajstić information content (AvgIpc) is 3.01. The van der Waals surface area contributed by atoms with Crippen LogP contribution in [0.25, 0.3) is 10.2 Å². The summed E-state index contributed by atoms with van der Waals surface area (Å²) in [4.78, 5) is 32.3. The van der Waals surface area contributed by atoms with E-state index in [1.807, 2.05) is 25.1 Å². The summed E-state index contributed by atoms with van der Waals surface area (Å²) in [6, 6.07) is 5.78. The number of thiophene rings is 1. The molecule has 8 heteroatoms. The van der Waals surface area contributed by atoms with Gasteiger partial charge in [-0.1, -0.05) is 6.92 Å². The molecule has 0 spiro atoms. The van der Waals surface area contributed by atoms with Gasteiger partial charge in [-0.25, -0.2) is 4.98 Å². The first-order valence-electron chi connectivity index (χ1n) is 7.60. The van der Waals surface area contributed by atoms with Crippen LogP contribution in [0.5, 0.6) is 0 Å². The Labute approximate surface area is 143 Å². The van der Waals surface area contributed by atoms with E-state index in [4.69, 9.17) is 10.5 Å². The minimum atomic E-state index is -0.297. The lowest BCUT2D eigenvalue weighted by Gasteiger charge is -2.20. The molecule has 0 fully saturated rings. The predicted molar refractivity (Wildman–Crippen MR) is 90.3 cm³/mol. The molecule has 7 nitrogen and oxygen atoms in total. The molecule has 2 aromatic rings. The van der Waals surface area contributed by atoms with E-state index in [9.17, 15) is 9.59 Å². The number of hydrogen-bond acceptors (Lipinski definition) is 6. The van der Waals surface area contributed by atoms with Crippen molar-refractivity contribution in [2.45, 2.75) is 32.7 Å². The van der Waals surface area contributed by atoms with Gasteiger partial charge in [-0.15, -0.1) is 11.3 Å². The van der Waals surface area contributed by atoms with Gasteiger partial charge in [-0.2, -0.15) is 10.5 Å². The van der Waals surface area contributed by atoms with Gasteiger partial charge < -0.3 is 4.90 Å². The predicted octanol–water partition coefficient (Wildman–Crippen LogP) is 1.68. The Kier molecular flexibility index (Phi) is 6.05. The summed E-state index contributed by atoms with van der Waals surface area (Å²) in [7, 11) is 0. The van der Waals surface area contributed by atoms with Gasteiger partial charge in [-0.05, 0) is 12.5 Å². The molecule has 0 N–H and O–H groups in total. The zero-order valence-electron chi connectivity index (χ0n) is 13.4. The molecule has 24 heavy (non-hydrogen) atoms. The molecule has 0 radical (unpaired) electrons. The van der Waals surface area contributed by atoms with Crippen LogP contribution in [0.3, 0.4) is 0 Å². The lowest BCUT2D eigenvalue weighted by molar-refractivity contribution is -0.131. The van der Waals surface area contributed by atoms with Gasteiger partial charge >= 0.3 is 0 Å².